The largest absolute Gasteiger partial charge is 0.490 e. The highest BCUT2D eigenvalue weighted by molar-refractivity contribution is 7.17. The van der Waals surface area contributed by atoms with Gasteiger partial charge >= 0.3 is 12.1 Å². The number of thiophene rings is 1. The predicted molar refractivity (Wildman–Crippen MR) is 114 cm³/mol. The van der Waals surface area contributed by atoms with Crippen LogP contribution in [0.3, 0.4) is 0 Å². The predicted octanol–water partition coefficient (Wildman–Crippen LogP) is 4.16. The van der Waals surface area contributed by atoms with Crippen LogP contribution in [0.15, 0.2) is 67.0 Å². The molecule has 12 heteroatoms. The van der Waals surface area contributed by atoms with Gasteiger partial charge in [-0.25, -0.2) is 9.78 Å². The summed E-state index contributed by atoms with van der Waals surface area (Å²) in [6, 6.07) is 17.5. The molecule has 0 atom stereocenters. The molecule has 3 heterocycles. The standard InChI is InChI=1S/C19H15N5OS.C2HF3O2/c25-19(16-7-6-15(26-16)13-4-2-1-3-5-13)21-12-17-22-18(24-23-17)14-8-10-20-11-9-14;3-2(4,5)1(6)7/h1-11H,12H2,(H,21,25)(H,22,23,24);(H,6,7). The van der Waals surface area contributed by atoms with Crippen molar-refractivity contribution in [2.24, 2.45) is 0 Å². The van der Waals surface area contributed by atoms with Crippen molar-refractivity contribution in [1.29, 1.82) is 0 Å². The molecule has 1 aromatic carbocycles. The fourth-order valence-electron chi connectivity index (χ4n) is 2.47. The van der Waals surface area contributed by atoms with E-state index in [0.717, 1.165) is 16.0 Å². The first-order valence-corrected chi connectivity index (χ1v) is 10.1. The third-order valence-corrected chi connectivity index (χ3v) is 5.15. The van der Waals surface area contributed by atoms with Crippen LogP contribution < -0.4 is 5.32 Å². The number of aromatic amines is 1. The summed E-state index contributed by atoms with van der Waals surface area (Å²) in [4.78, 5) is 31.4. The second-order valence-corrected chi connectivity index (χ2v) is 7.44. The summed E-state index contributed by atoms with van der Waals surface area (Å²) in [6.45, 7) is 0.287. The number of halogens is 3. The first-order valence-electron chi connectivity index (χ1n) is 9.29. The number of hydrogen-bond acceptors (Lipinski definition) is 6. The van der Waals surface area contributed by atoms with Crippen LogP contribution in [-0.2, 0) is 11.3 Å². The van der Waals surface area contributed by atoms with Gasteiger partial charge in [-0.3, -0.25) is 14.9 Å². The lowest BCUT2D eigenvalue weighted by molar-refractivity contribution is -0.192. The number of nitrogens with one attached hydrogen (secondary N) is 2. The number of carboxylic acids is 1. The maximum atomic E-state index is 12.4. The monoisotopic (exact) mass is 475 g/mol. The zero-order valence-electron chi connectivity index (χ0n) is 16.7. The molecule has 33 heavy (non-hydrogen) atoms. The normalized spacial score (nSPS) is 10.8. The fraction of sp³-hybridized carbons (Fsp3) is 0.0952. The number of rotatable bonds is 5. The fourth-order valence-corrected chi connectivity index (χ4v) is 3.40. The zero-order chi connectivity index (χ0) is 23.8. The average Bonchev–Trinajstić information content (AvgIpc) is 3.49. The number of amides is 1. The number of alkyl halides is 3. The minimum atomic E-state index is -5.08. The van der Waals surface area contributed by atoms with Crippen LogP contribution in [-0.4, -0.2) is 43.3 Å². The molecule has 8 nitrogen and oxygen atoms in total. The van der Waals surface area contributed by atoms with E-state index in [4.69, 9.17) is 9.90 Å². The van der Waals surface area contributed by atoms with Crippen LogP contribution in [0, 0.1) is 0 Å². The molecule has 1 amide bonds. The van der Waals surface area contributed by atoms with Crippen molar-refractivity contribution in [2.75, 3.05) is 0 Å². The van der Waals surface area contributed by atoms with Gasteiger partial charge in [0.2, 0.25) is 0 Å². The van der Waals surface area contributed by atoms with E-state index in [1.165, 1.54) is 11.3 Å². The molecule has 0 aliphatic carbocycles. The van der Waals surface area contributed by atoms with Gasteiger partial charge in [0.15, 0.2) is 5.82 Å². The molecule has 0 aliphatic rings. The molecule has 0 saturated carbocycles. The molecule has 4 rings (SSSR count). The summed E-state index contributed by atoms with van der Waals surface area (Å²) in [5, 5.41) is 17.0. The minimum absolute atomic E-state index is 0.126. The van der Waals surface area contributed by atoms with Crippen LogP contribution in [0.5, 0.6) is 0 Å². The van der Waals surface area contributed by atoms with E-state index in [1.807, 2.05) is 54.6 Å². The number of carbonyl (C=O) groups excluding carboxylic acids is 1. The van der Waals surface area contributed by atoms with Crippen LogP contribution in [0.1, 0.15) is 15.5 Å². The Bertz CT molecular complexity index is 1210. The third kappa shape index (κ3) is 6.71. The van der Waals surface area contributed by atoms with E-state index in [9.17, 15) is 18.0 Å². The van der Waals surface area contributed by atoms with Gasteiger partial charge in [-0.1, -0.05) is 30.3 Å². The quantitative estimate of drug-likeness (QED) is 0.399. The Morgan fingerprint density at radius 3 is 2.30 bits per heavy atom. The molecule has 0 fully saturated rings. The second kappa shape index (κ2) is 10.5. The Kier molecular flexibility index (Phi) is 7.51. The zero-order valence-corrected chi connectivity index (χ0v) is 17.5. The van der Waals surface area contributed by atoms with Gasteiger partial charge in [-0.15, -0.1) is 11.3 Å². The first kappa shape index (κ1) is 23.6. The number of benzene rings is 1. The van der Waals surface area contributed by atoms with Gasteiger partial charge in [-0.05, 0) is 29.8 Å². The maximum Gasteiger partial charge on any atom is 0.490 e. The highest BCUT2D eigenvalue weighted by Crippen LogP contribution is 2.27. The van der Waals surface area contributed by atoms with Gasteiger partial charge in [0.1, 0.15) is 5.82 Å². The number of carboxylic acid groups (broad SMARTS) is 1. The number of hydrogen-bond donors (Lipinski definition) is 3. The summed E-state index contributed by atoms with van der Waals surface area (Å²) >= 11 is 1.47. The third-order valence-electron chi connectivity index (χ3n) is 4.02. The molecule has 0 bridgehead atoms. The lowest BCUT2D eigenvalue weighted by Gasteiger charge is -2.00. The highest BCUT2D eigenvalue weighted by atomic mass is 32.1. The number of carbonyl (C=O) groups is 2. The number of nitrogens with zero attached hydrogens (tertiary/aromatic N) is 3. The number of pyridine rings is 1. The molecule has 0 unspecified atom stereocenters. The van der Waals surface area contributed by atoms with E-state index >= 15 is 0 Å². The van der Waals surface area contributed by atoms with E-state index in [1.54, 1.807) is 12.4 Å². The molecular weight excluding hydrogens is 459 g/mol. The molecule has 170 valence electrons. The van der Waals surface area contributed by atoms with Crippen LogP contribution in [0.4, 0.5) is 13.2 Å². The van der Waals surface area contributed by atoms with E-state index in [2.05, 4.69) is 25.5 Å². The van der Waals surface area contributed by atoms with Gasteiger partial charge in [0.05, 0.1) is 11.4 Å². The number of H-pyrrole nitrogens is 1. The van der Waals surface area contributed by atoms with Gasteiger partial charge in [0.25, 0.3) is 5.91 Å². The van der Waals surface area contributed by atoms with E-state index in [-0.39, 0.29) is 12.5 Å². The first-order chi connectivity index (χ1) is 15.7. The van der Waals surface area contributed by atoms with Crippen LogP contribution in [0.25, 0.3) is 21.8 Å². The van der Waals surface area contributed by atoms with Gasteiger partial charge < -0.3 is 10.4 Å². The molecule has 0 aliphatic heterocycles. The van der Waals surface area contributed by atoms with Gasteiger partial charge in [-0.2, -0.15) is 18.3 Å². The van der Waals surface area contributed by atoms with E-state index < -0.39 is 12.1 Å². The van der Waals surface area contributed by atoms with Crippen molar-refractivity contribution in [3.63, 3.8) is 0 Å². The Labute approximate surface area is 189 Å². The molecular formula is C21H16F3N5O3S. The lowest BCUT2D eigenvalue weighted by atomic mass is 10.2. The Morgan fingerprint density at radius 2 is 1.67 bits per heavy atom. The lowest BCUT2D eigenvalue weighted by Crippen LogP contribution is -2.22. The van der Waals surface area contributed by atoms with Crippen molar-refractivity contribution >= 4 is 23.2 Å². The molecule has 3 aromatic heterocycles. The van der Waals surface area contributed by atoms with Crippen molar-refractivity contribution in [3.05, 3.63) is 77.7 Å². The molecule has 4 aromatic rings. The summed E-state index contributed by atoms with van der Waals surface area (Å²) in [7, 11) is 0. The van der Waals surface area contributed by atoms with Crippen molar-refractivity contribution in [2.45, 2.75) is 12.7 Å². The van der Waals surface area contributed by atoms with Crippen LogP contribution in [0.2, 0.25) is 0 Å². The summed E-state index contributed by atoms with van der Waals surface area (Å²) < 4.78 is 31.7. The summed E-state index contributed by atoms with van der Waals surface area (Å²) in [5.41, 5.74) is 1.98. The van der Waals surface area contributed by atoms with Gasteiger partial charge in [0, 0.05) is 22.8 Å². The van der Waals surface area contributed by atoms with Crippen molar-refractivity contribution in [3.8, 4) is 21.8 Å². The molecule has 0 radical (unpaired) electrons. The Morgan fingerprint density at radius 1 is 1.00 bits per heavy atom. The maximum absolute atomic E-state index is 12.4. The summed E-state index contributed by atoms with van der Waals surface area (Å²) in [5.74, 6) is -1.70. The topological polar surface area (TPSA) is 121 Å². The van der Waals surface area contributed by atoms with Crippen LogP contribution >= 0.6 is 11.3 Å². The minimum Gasteiger partial charge on any atom is -0.475 e. The summed E-state index contributed by atoms with van der Waals surface area (Å²) in [6.07, 6.45) is -1.71. The highest BCUT2D eigenvalue weighted by Gasteiger charge is 2.38. The number of aliphatic carboxylic acids is 1. The Hall–Kier alpha value is -4.06. The van der Waals surface area contributed by atoms with Crippen molar-refractivity contribution in [1.82, 2.24) is 25.5 Å². The molecule has 0 spiro atoms. The Balaban J connectivity index is 0.000000383. The molecule has 3 N–H and O–H groups in total. The SMILES string of the molecule is O=C(NCc1nc(-c2ccncc2)n[nH]1)c1ccc(-c2ccccc2)s1.O=C(O)C(F)(F)F. The van der Waals surface area contributed by atoms with E-state index in [0.29, 0.717) is 16.5 Å². The smallest absolute Gasteiger partial charge is 0.475 e. The second-order valence-electron chi connectivity index (χ2n) is 6.36. The van der Waals surface area contributed by atoms with Crippen molar-refractivity contribution < 1.29 is 27.9 Å². The molecule has 0 saturated heterocycles. The average molecular weight is 475 g/mol. The number of aromatic nitrogens is 4.